The van der Waals surface area contributed by atoms with Gasteiger partial charge in [-0.15, -0.1) is 0 Å². The molecule has 0 aromatic rings. The van der Waals surface area contributed by atoms with Gasteiger partial charge >= 0.3 is 13.8 Å². The van der Waals surface area contributed by atoms with E-state index in [4.69, 9.17) is 24.4 Å². The number of rotatable bonds is 14. The van der Waals surface area contributed by atoms with Crippen LogP contribution in [-0.4, -0.2) is 25.8 Å². The summed E-state index contributed by atoms with van der Waals surface area (Å²) in [7, 11) is -4.64. The third-order valence-electron chi connectivity index (χ3n) is 3.22. The van der Waals surface area contributed by atoms with Crippen LogP contribution in [0.5, 0.6) is 0 Å². The predicted octanol–water partition coefficient (Wildman–Crippen LogP) is 5.29. The van der Waals surface area contributed by atoms with Crippen LogP contribution in [0.2, 0.25) is 0 Å². The van der Waals surface area contributed by atoms with E-state index >= 15 is 0 Å². The molecular weight excluding hydrogens is 367 g/mol. The molecule has 27 heavy (non-hydrogen) atoms. The Balaban J connectivity index is 0. The molecule has 0 amide bonds. The second-order valence-corrected chi connectivity index (χ2v) is 6.91. The average Bonchev–Trinajstić information content (AvgIpc) is 2.56. The number of aliphatic carboxylic acids is 1. The first kappa shape index (κ1) is 27.8. The molecule has 0 fully saturated rings. The van der Waals surface area contributed by atoms with Gasteiger partial charge in [0.25, 0.3) is 0 Å². The lowest BCUT2D eigenvalue weighted by Gasteiger charge is -1.90. The van der Waals surface area contributed by atoms with Gasteiger partial charge in [0.2, 0.25) is 0 Å². The lowest BCUT2D eigenvalue weighted by molar-refractivity contribution is -0.137. The molecule has 0 unspecified atom stereocenters. The molecule has 4 N–H and O–H groups in total. The minimum Gasteiger partial charge on any atom is -0.481 e. The number of carbonyl (C=O) groups is 1. The standard InChI is InChI=1S/C20H32O2.H3O4P/c1-2-3-4-5-6-7-8-9-10-11-12-13-14-15-16-17-18-19-20(21)22;1-5(2,3)4/h6-7,9-10,12-13,15-16H,2-5,8,11,14,17-19H2,1H3,(H,21,22);(H3,1,2,3,4). The van der Waals surface area contributed by atoms with Crippen molar-refractivity contribution in [3.8, 4) is 0 Å². The lowest BCUT2D eigenvalue weighted by atomic mass is 10.2. The normalized spacial score (nSPS) is 12.3. The minimum absolute atomic E-state index is 0.262. The highest BCUT2D eigenvalue weighted by atomic mass is 31.2. The molecule has 156 valence electrons. The third-order valence-corrected chi connectivity index (χ3v) is 3.22. The van der Waals surface area contributed by atoms with Crippen molar-refractivity contribution in [2.45, 2.75) is 71.1 Å². The Morgan fingerprint density at radius 3 is 1.48 bits per heavy atom. The van der Waals surface area contributed by atoms with E-state index in [1.54, 1.807) is 0 Å². The Kier molecular flexibility index (Phi) is 21.4. The molecule has 6 nitrogen and oxygen atoms in total. The Morgan fingerprint density at radius 1 is 0.741 bits per heavy atom. The van der Waals surface area contributed by atoms with Gasteiger partial charge in [0.05, 0.1) is 0 Å². The largest absolute Gasteiger partial charge is 0.481 e. The highest BCUT2D eigenvalue weighted by molar-refractivity contribution is 7.45. The molecule has 0 aliphatic rings. The van der Waals surface area contributed by atoms with Gasteiger partial charge in [-0.3, -0.25) is 4.79 Å². The second-order valence-electron chi connectivity index (χ2n) is 5.89. The quantitative estimate of drug-likeness (QED) is 0.178. The van der Waals surface area contributed by atoms with Crippen LogP contribution in [0.4, 0.5) is 0 Å². The number of allylic oxidation sites excluding steroid dienone is 8. The SMILES string of the molecule is CCCCCC=CCC=CCC=CCC=CCCCC(=O)O.O=P(O)(O)O. The summed E-state index contributed by atoms with van der Waals surface area (Å²) in [5.74, 6) is -0.712. The zero-order chi connectivity index (χ0) is 20.8. The number of hydrogen-bond acceptors (Lipinski definition) is 2. The van der Waals surface area contributed by atoms with E-state index in [0.717, 1.165) is 32.1 Å². The maximum atomic E-state index is 10.3. The molecule has 0 saturated carbocycles. The van der Waals surface area contributed by atoms with E-state index in [2.05, 4.69) is 55.5 Å². The van der Waals surface area contributed by atoms with Crippen LogP contribution in [0.3, 0.4) is 0 Å². The highest BCUT2D eigenvalue weighted by Gasteiger charge is 2.00. The van der Waals surface area contributed by atoms with Gasteiger partial charge in [-0.05, 0) is 44.9 Å². The van der Waals surface area contributed by atoms with E-state index in [1.807, 2.05) is 0 Å². The number of carboxylic acid groups (broad SMARTS) is 1. The Bertz CT molecular complexity index is 494. The maximum absolute atomic E-state index is 10.3. The van der Waals surface area contributed by atoms with Crippen LogP contribution >= 0.6 is 7.82 Å². The number of hydrogen-bond donors (Lipinski definition) is 4. The summed E-state index contributed by atoms with van der Waals surface area (Å²) in [6.45, 7) is 2.23. The van der Waals surface area contributed by atoms with Gasteiger partial charge in [0.1, 0.15) is 0 Å². The van der Waals surface area contributed by atoms with Crippen LogP contribution in [0.15, 0.2) is 48.6 Å². The molecule has 0 rings (SSSR count). The summed E-state index contributed by atoms with van der Waals surface area (Å²) in [6.07, 6.45) is 27.3. The van der Waals surface area contributed by atoms with Crippen molar-refractivity contribution in [3.05, 3.63) is 48.6 Å². The third kappa shape index (κ3) is 40.5. The van der Waals surface area contributed by atoms with Crippen LogP contribution in [0.25, 0.3) is 0 Å². The monoisotopic (exact) mass is 402 g/mol. The topological polar surface area (TPSA) is 115 Å². The first-order valence-electron chi connectivity index (χ1n) is 9.37. The summed E-state index contributed by atoms with van der Waals surface area (Å²) in [4.78, 5) is 31.9. The molecule has 0 spiro atoms. The summed E-state index contributed by atoms with van der Waals surface area (Å²) in [5, 5.41) is 8.49. The maximum Gasteiger partial charge on any atom is 0.466 e. The van der Waals surface area contributed by atoms with E-state index in [9.17, 15) is 4.79 Å². The lowest BCUT2D eigenvalue weighted by Crippen LogP contribution is -1.92. The predicted molar refractivity (Wildman–Crippen MR) is 110 cm³/mol. The van der Waals surface area contributed by atoms with Gasteiger partial charge in [0, 0.05) is 6.42 Å². The van der Waals surface area contributed by atoms with Crippen molar-refractivity contribution >= 4 is 13.8 Å². The summed E-state index contributed by atoms with van der Waals surface area (Å²) >= 11 is 0. The fourth-order valence-corrected chi connectivity index (χ4v) is 1.93. The smallest absolute Gasteiger partial charge is 0.466 e. The van der Waals surface area contributed by atoms with E-state index in [-0.39, 0.29) is 6.42 Å². The fraction of sp³-hybridized carbons (Fsp3) is 0.550. The molecular formula is C20H35O6P. The van der Waals surface area contributed by atoms with Gasteiger partial charge in [-0.2, -0.15) is 0 Å². The first-order valence-corrected chi connectivity index (χ1v) is 10.9. The van der Waals surface area contributed by atoms with Crippen molar-refractivity contribution in [2.24, 2.45) is 0 Å². The highest BCUT2D eigenvalue weighted by Crippen LogP contribution is 2.25. The van der Waals surface area contributed by atoms with Crippen LogP contribution < -0.4 is 0 Å². The molecule has 0 radical (unpaired) electrons. The van der Waals surface area contributed by atoms with Crippen LogP contribution in [-0.2, 0) is 9.36 Å². The van der Waals surface area contributed by atoms with Gasteiger partial charge in [-0.25, -0.2) is 4.57 Å². The molecule has 0 bridgehead atoms. The van der Waals surface area contributed by atoms with E-state index in [1.165, 1.54) is 25.7 Å². The molecule has 0 aromatic heterocycles. The van der Waals surface area contributed by atoms with E-state index in [0.29, 0.717) is 0 Å². The fourth-order valence-electron chi connectivity index (χ4n) is 1.93. The second kappa shape index (κ2) is 20.8. The van der Waals surface area contributed by atoms with Crippen molar-refractivity contribution in [1.29, 1.82) is 0 Å². The van der Waals surface area contributed by atoms with E-state index < -0.39 is 13.8 Å². The van der Waals surface area contributed by atoms with Crippen LogP contribution in [0.1, 0.15) is 71.1 Å². The molecule has 0 aromatic carbocycles. The number of unbranched alkanes of at least 4 members (excludes halogenated alkanes) is 4. The van der Waals surface area contributed by atoms with Gasteiger partial charge < -0.3 is 19.8 Å². The molecule has 7 heteroatoms. The molecule has 0 atom stereocenters. The molecule has 0 saturated heterocycles. The first-order chi connectivity index (χ1) is 12.8. The average molecular weight is 402 g/mol. The summed E-state index contributed by atoms with van der Waals surface area (Å²) < 4.78 is 8.88. The van der Waals surface area contributed by atoms with Crippen molar-refractivity contribution < 1.29 is 29.1 Å². The van der Waals surface area contributed by atoms with Gasteiger partial charge in [0.15, 0.2) is 0 Å². The number of carboxylic acids is 1. The minimum atomic E-state index is -4.64. The van der Waals surface area contributed by atoms with Crippen molar-refractivity contribution in [1.82, 2.24) is 0 Å². The summed E-state index contributed by atoms with van der Waals surface area (Å²) in [6, 6.07) is 0. The summed E-state index contributed by atoms with van der Waals surface area (Å²) in [5.41, 5.74) is 0. The van der Waals surface area contributed by atoms with Crippen LogP contribution in [0, 0.1) is 0 Å². The number of phosphoric acid groups is 1. The zero-order valence-electron chi connectivity index (χ0n) is 16.2. The molecule has 0 aliphatic carbocycles. The van der Waals surface area contributed by atoms with Gasteiger partial charge in [-0.1, -0.05) is 68.4 Å². The Hall–Kier alpha value is -1.46. The van der Waals surface area contributed by atoms with Crippen molar-refractivity contribution in [3.63, 3.8) is 0 Å². The molecule has 0 aliphatic heterocycles. The molecule has 0 heterocycles. The Morgan fingerprint density at radius 2 is 1.11 bits per heavy atom. The zero-order valence-corrected chi connectivity index (χ0v) is 17.1. The Labute approximate surface area is 163 Å². The van der Waals surface area contributed by atoms with Crippen molar-refractivity contribution in [2.75, 3.05) is 0 Å².